The number of sulfonamides is 1. The molecule has 0 aromatic carbocycles. The minimum Gasteiger partial charge on any atom is -0.389 e. The maximum atomic E-state index is 12.0. The van der Waals surface area contributed by atoms with E-state index >= 15 is 0 Å². The number of imidazole rings is 1. The van der Waals surface area contributed by atoms with Crippen molar-refractivity contribution in [2.24, 2.45) is 0 Å². The highest BCUT2D eigenvalue weighted by Crippen LogP contribution is 2.11. The lowest BCUT2D eigenvalue weighted by atomic mass is 10.1. The highest BCUT2D eigenvalue weighted by atomic mass is 32.2. The molecule has 1 unspecified atom stereocenters. The predicted octanol–water partition coefficient (Wildman–Crippen LogP) is 0.651. The zero-order chi connectivity index (χ0) is 14.0. The molecule has 18 heavy (non-hydrogen) atoms. The molecule has 0 amide bonds. The molecule has 1 heterocycles. The lowest BCUT2D eigenvalue weighted by Gasteiger charge is -2.20. The van der Waals surface area contributed by atoms with Crippen molar-refractivity contribution < 1.29 is 13.5 Å². The Labute approximate surface area is 108 Å². The fourth-order valence-electron chi connectivity index (χ4n) is 1.38. The van der Waals surface area contributed by atoms with E-state index in [1.165, 1.54) is 6.20 Å². The number of hydrogen-bond acceptors (Lipinski definition) is 4. The zero-order valence-corrected chi connectivity index (χ0v) is 12.1. The van der Waals surface area contributed by atoms with Crippen LogP contribution in [-0.4, -0.2) is 35.2 Å². The van der Waals surface area contributed by atoms with Gasteiger partial charge in [0.05, 0.1) is 5.60 Å². The van der Waals surface area contributed by atoms with E-state index in [0.29, 0.717) is 18.8 Å². The molecule has 1 atom stereocenters. The lowest BCUT2D eigenvalue weighted by molar-refractivity contribution is 0.0613. The van der Waals surface area contributed by atoms with Gasteiger partial charge in [0, 0.05) is 19.3 Å². The molecular weight excluding hydrogens is 254 g/mol. The number of rotatable bonds is 6. The Hall–Kier alpha value is -0.920. The molecule has 1 aromatic heterocycles. The van der Waals surface area contributed by atoms with Gasteiger partial charge >= 0.3 is 0 Å². The second kappa shape index (κ2) is 5.38. The van der Waals surface area contributed by atoms with Crippen molar-refractivity contribution in [3.63, 3.8) is 0 Å². The Morgan fingerprint density at radius 3 is 2.56 bits per heavy atom. The molecule has 0 aliphatic carbocycles. The lowest BCUT2D eigenvalue weighted by Crippen LogP contribution is -2.40. The SMILES string of the molecule is CCn1cc(S(=O)(=O)NCC(C)(O)CC)nc1C. The molecule has 1 rings (SSSR count). The first kappa shape index (κ1) is 15.1. The van der Waals surface area contributed by atoms with Crippen molar-refractivity contribution in [3.05, 3.63) is 12.0 Å². The monoisotopic (exact) mass is 275 g/mol. The molecule has 2 N–H and O–H groups in total. The van der Waals surface area contributed by atoms with Crippen LogP contribution >= 0.6 is 0 Å². The molecule has 0 spiro atoms. The van der Waals surface area contributed by atoms with E-state index in [1.807, 2.05) is 6.92 Å². The third-order valence-electron chi connectivity index (χ3n) is 2.97. The Balaban J connectivity index is 2.86. The number of nitrogens with one attached hydrogen (secondary N) is 1. The molecule has 0 saturated heterocycles. The molecular formula is C11H21N3O3S. The van der Waals surface area contributed by atoms with E-state index in [1.54, 1.807) is 25.3 Å². The van der Waals surface area contributed by atoms with Crippen LogP contribution in [0, 0.1) is 6.92 Å². The van der Waals surface area contributed by atoms with Gasteiger partial charge in [-0.25, -0.2) is 18.1 Å². The summed E-state index contributed by atoms with van der Waals surface area (Å²) in [4.78, 5) is 4.01. The maximum absolute atomic E-state index is 12.0. The fourth-order valence-corrected chi connectivity index (χ4v) is 2.55. The number of aliphatic hydroxyl groups is 1. The summed E-state index contributed by atoms with van der Waals surface area (Å²) in [5.74, 6) is 0.653. The van der Waals surface area contributed by atoms with Crippen LogP contribution in [0.2, 0.25) is 0 Å². The smallest absolute Gasteiger partial charge is 0.259 e. The van der Waals surface area contributed by atoms with E-state index in [4.69, 9.17) is 0 Å². The van der Waals surface area contributed by atoms with Crippen molar-refractivity contribution >= 4 is 10.0 Å². The molecule has 0 saturated carbocycles. The molecule has 6 nitrogen and oxygen atoms in total. The van der Waals surface area contributed by atoms with E-state index in [0.717, 1.165) is 0 Å². The maximum Gasteiger partial charge on any atom is 0.259 e. The van der Waals surface area contributed by atoms with Crippen LogP contribution in [-0.2, 0) is 16.6 Å². The van der Waals surface area contributed by atoms with Gasteiger partial charge in [0.1, 0.15) is 5.82 Å². The largest absolute Gasteiger partial charge is 0.389 e. The summed E-state index contributed by atoms with van der Waals surface area (Å²) in [5, 5.41) is 9.78. The van der Waals surface area contributed by atoms with Crippen molar-refractivity contribution in [3.8, 4) is 0 Å². The summed E-state index contributed by atoms with van der Waals surface area (Å²) >= 11 is 0. The van der Waals surface area contributed by atoms with E-state index < -0.39 is 15.6 Å². The Morgan fingerprint density at radius 2 is 2.11 bits per heavy atom. The normalized spacial score (nSPS) is 15.6. The van der Waals surface area contributed by atoms with Gasteiger partial charge in [-0.05, 0) is 27.2 Å². The van der Waals surface area contributed by atoms with Crippen LogP contribution < -0.4 is 4.72 Å². The standard InChI is InChI=1S/C11H21N3O3S/c1-5-11(4,15)8-12-18(16,17)10-7-14(6-2)9(3)13-10/h7,12,15H,5-6,8H2,1-4H3. The summed E-state index contributed by atoms with van der Waals surface area (Å²) in [6.07, 6.45) is 1.97. The number of aromatic nitrogens is 2. The topological polar surface area (TPSA) is 84.2 Å². The van der Waals surface area contributed by atoms with Gasteiger partial charge in [-0.3, -0.25) is 0 Å². The molecule has 1 aromatic rings. The zero-order valence-electron chi connectivity index (χ0n) is 11.3. The first-order valence-corrected chi connectivity index (χ1v) is 7.46. The van der Waals surface area contributed by atoms with Gasteiger partial charge in [-0.1, -0.05) is 6.92 Å². The van der Waals surface area contributed by atoms with Crippen molar-refractivity contribution in [2.45, 2.75) is 51.3 Å². The summed E-state index contributed by atoms with van der Waals surface area (Å²) in [5.41, 5.74) is -1.05. The van der Waals surface area contributed by atoms with Gasteiger partial charge < -0.3 is 9.67 Å². The van der Waals surface area contributed by atoms with Crippen LogP contribution in [0.1, 0.15) is 33.0 Å². The molecule has 0 aliphatic rings. The van der Waals surface area contributed by atoms with Crippen LogP contribution in [0.3, 0.4) is 0 Å². The van der Waals surface area contributed by atoms with E-state index in [9.17, 15) is 13.5 Å². The third-order valence-corrected chi connectivity index (χ3v) is 4.25. The van der Waals surface area contributed by atoms with Crippen molar-refractivity contribution in [1.29, 1.82) is 0 Å². The van der Waals surface area contributed by atoms with Gasteiger partial charge in [0.15, 0.2) is 5.03 Å². The molecule has 0 radical (unpaired) electrons. The molecule has 0 aliphatic heterocycles. The number of aryl methyl sites for hydroxylation is 2. The van der Waals surface area contributed by atoms with Crippen LogP contribution in [0.15, 0.2) is 11.2 Å². The number of hydrogen-bond donors (Lipinski definition) is 2. The fraction of sp³-hybridized carbons (Fsp3) is 0.727. The highest BCUT2D eigenvalue weighted by Gasteiger charge is 2.24. The summed E-state index contributed by atoms with van der Waals surface area (Å²) < 4.78 is 28.1. The molecule has 0 fully saturated rings. The predicted molar refractivity (Wildman–Crippen MR) is 68.7 cm³/mol. The third kappa shape index (κ3) is 3.54. The van der Waals surface area contributed by atoms with Crippen LogP contribution in [0.4, 0.5) is 0 Å². The highest BCUT2D eigenvalue weighted by molar-refractivity contribution is 7.89. The minimum absolute atomic E-state index is 0.00578. The number of nitrogens with zero attached hydrogens (tertiary/aromatic N) is 2. The average molecular weight is 275 g/mol. The van der Waals surface area contributed by atoms with E-state index in [-0.39, 0.29) is 11.6 Å². The van der Waals surface area contributed by atoms with Gasteiger partial charge in [0.2, 0.25) is 0 Å². The van der Waals surface area contributed by atoms with Crippen molar-refractivity contribution in [1.82, 2.24) is 14.3 Å². The van der Waals surface area contributed by atoms with Gasteiger partial charge in [0.25, 0.3) is 10.0 Å². The molecule has 7 heteroatoms. The average Bonchev–Trinajstić information content (AvgIpc) is 2.69. The summed E-state index contributed by atoms with van der Waals surface area (Å²) in [6.45, 7) is 7.70. The first-order chi connectivity index (χ1) is 8.22. The Bertz CT molecular complexity index is 506. The van der Waals surface area contributed by atoms with Gasteiger partial charge in [-0.15, -0.1) is 0 Å². The first-order valence-electron chi connectivity index (χ1n) is 5.97. The second-order valence-electron chi connectivity index (χ2n) is 4.59. The Morgan fingerprint density at radius 1 is 1.50 bits per heavy atom. The second-order valence-corrected chi connectivity index (χ2v) is 6.30. The van der Waals surface area contributed by atoms with E-state index in [2.05, 4.69) is 9.71 Å². The van der Waals surface area contributed by atoms with Crippen LogP contribution in [0.25, 0.3) is 0 Å². The summed E-state index contributed by atoms with van der Waals surface area (Å²) in [6, 6.07) is 0. The van der Waals surface area contributed by atoms with Crippen LogP contribution in [0.5, 0.6) is 0 Å². The summed E-state index contributed by atoms with van der Waals surface area (Å²) in [7, 11) is -3.66. The minimum atomic E-state index is -3.66. The Kier molecular flexibility index (Phi) is 4.52. The van der Waals surface area contributed by atoms with Crippen molar-refractivity contribution in [2.75, 3.05) is 6.54 Å². The molecule has 104 valence electrons. The quantitative estimate of drug-likeness (QED) is 0.798. The molecule has 0 bridgehead atoms. The van der Waals surface area contributed by atoms with Gasteiger partial charge in [-0.2, -0.15) is 0 Å².